The maximum Gasteiger partial charge on any atom is 0.325 e. The maximum absolute atomic E-state index is 10.9. The summed E-state index contributed by atoms with van der Waals surface area (Å²) in [6.07, 6.45) is 1.74. The summed E-state index contributed by atoms with van der Waals surface area (Å²) in [7, 11) is 1.81. The molecule has 0 aliphatic heterocycles. The summed E-state index contributed by atoms with van der Waals surface area (Å²) < 4.78 is 1.79. The average Bonchev–Trinajstić information content (AvgIpc) is 2.54. The molecule has 4 nitrogen and oxygen atoms in total. The number of carbonyl (C=O) groups is 1. The van der Waals surface area contributed by atoms with Gasteiger partial charge >= 0.3 is 5.97 Å². The van der Waals surface area contributed by atoms with Gasteiger partial charge < -0.3 is 15.4 Å². The molecular formula is C11H11ClN2O2. The highest BCUT2D eigenvalue weighted by Crippen LogP contribution is 2.29. The standard InChI is InChI=1S/C11H11ClN2O2/c1-14-5-8(12)6-3-2-4-7(10(6)14)9(13)11(15)16/h2-5,9H,13H2,1H3,(H,15,16). The molecule has 1 heterocycles. The number of para-hydroxylation sites is 1. The molecule has 0 bridgehead atoms. The van der Waals surface area contributed by atoms with Crippen LogP contribution in [0.1, 0.15) is 11.6 Å². The fourth-order valence-corrected chi connectivity index (χ4v) is 2.13. The number of carboxylic acid groups (broad SMARTS) is 1. The van der Waals surface area contributed by atoms with Crippen LogP contribution >= 0.6 is 11.6 Å². The monoisotopic (exact) mass is 238 g/mol. The number of fused-ring (bicyclic) bond motifs is 1. The number of hydrogen-bond donors (Lipinski definition) is 2. The Hall–Kier alpha value is -1.52. The second kappa shape index (κ2) is 3.81. The maximum atomic E-state index is 10.9. The van der Waals surface area contributed by atoms with Gasteiger partial charge in [0, 0.05) is 24.2 Å². The van der Waals surface area contributed by atoms with E-state index in [1.165, 1.54) is 0 Å². The number of aryl methyl sites for hydroxylation is 1. The summed E-state index contributed by atoms with van der Waals surface area (Å²) in [4.78, 5) is 10.9. The molecule has 0 radical (unpaired) electrons. The number of carboxylic acids is 1. The molecule has 0 saturated carbocycles. The van der Waals surface area contributed by atoms with Gasteiger partial charge in [0.15, 0.2) is 0 Å². The van der Waals surface area contributed by atoms with Gasteiger partial charge in [0.1, 0.15) is 6.04 Å². The van der Waals surface area contributed by atoms with E-state index in [2.05, 4.69) is 0 Å². The highest BCUT2D eigenvalue weighted by Gasteiger charge is 2.19. The Morgan fingerprint density at radius 2 is 2.25 bits per heavy atom. The van der Waals surface area contributed by atoms with Crippen LogP contribution in [-0.2, 0) is 11.8 Å². The topological polar surface area (TPSA) is 68.2 Å². The van der Waals surface area contributed by atoms with Crippen molar-refractivity contribution >= 4 is 28.5 Å². The van der Waals surface area contributed by atoms with E-state index in [0.29, 0.717) is 10.6 Å². The number of aromatic nitrogens is 1. The van der Waals surface area contributed by atoms with Gasteiger partial charge in [-0.25, -0.2) is 0 Å². The van der Waals surface area contributed by atoms with Crippen LogP contribution in [-0.4, -0.2) is 15.6 Å². The molecule has 2 rings (SSSR count). The fraction of sp³-hybridized carbons (Fsp3) is 0.182. The van der Waals surface area contributed by atoms with E-state index in [4.69, 9.17) is 22.4 Å². The Balaban J connectivity index is 2.75. The number of hydrogen-bond acceptors (Lipinski definition) is 2. The van der Waals surface area contributed by atoms with Gasteiger partial charge in [-0.2, -0.15) is 0 Å². The van der Waals surface area contributed by atoms with Crippen LogP contribution in [0.5, 0.6) is 0 Å². The predicted molar refractivity (Wildman–Crippen MR) is 62.5 cm³/mol. The fourth-order valence-electron chi connectivity index (χ4n) is 1.84. The summed E-state index contributed by atoms with van der Waals surface area (Å²) in [6.45, 7) is 0. The minimum absolute atomic E-state index is 0.569. The van der Waals surface area contributed by atoms with E-state index in [9.17, 15) is 4.79 Å². The number of halogens is 1. The van der Waals surface area contributed by atoms with Crippen molar-refractivity contribution in [3.63, 3.8) is 0 Å². The third-order valence-electron chi connectivity index (χ3n) is 2.59. The molecule has 5 heteroatoms. The van der Waals surface area contributed by atoms with Crippen LogP contribution in [0.2, 0.25) is 5.02 Å². The quantitative estimate of drug-likeness (QED) is 0.840. The SMILES string of the molecule is Cn1cc(Cl)c2cccc(C(N)C(=O)O)c21. The molecule has 0 aliphatic carbocycles. The van der Waals surface area contributed by atoms with Gasteiger partial charge in [0.2, 0.25) is 0 Å². The Bertz CT molecular complexity index is 562. The molecule has 0 aliphatic rings. The lowest BCUT2D eigenvalue weighted by atomic mass is 10.0. The molecule has 1 unspecified atom stereocenters. The number of benzene rings is 1. The predicted octanol–water partition coefficient (Wildman–Crippen LogP) is 1.92. The second-order valence-corrected chi connectivity index (χ2v) is 4.05. The smallest absolute Gasteiger partial charge is 0.325 e. The van der Waals surface area contributed by atoms with Crippen molar-refractivity contribution in [2.45, 2.75) is 6.04 Å². The summed E-state index contributed by atoms with van der Waals surface area (Å²) in [6, 6.07) is 4.27. The van der Waals surface area contributed by atoms with Crippen molar-refractivity contribution < 1.29 is 9.90 Å². The Labute approximate surface area is 97.2 Å². The average molecular weight is 239 g/mol. The third kappa shape index (κ3) is 1.56. The van der Waals surface area contributed by atoms with Gasteiger partial charge in [0.25, 0.3) is 0 Å². The number of nitrogens with two attached hydrogens (primary N) is 1. The zero-order valence-corrected chi connectivity index (χ0v) is 9.40. The Kier molecular flexibility index (Phi) is 2.61. The van der Waals surface area contributed by atoms with Crippen molar-refractivity contribution in [3.05, 3.63) is 35.0 Å². The lowest BCUT2D eigenvalue weighted by molar-refractivity contribution is -0.138. The van der Waals surface area contributed by atoms with Crippen molar-refractivity contribution in [1.29, 1.82) is 0 Å². The first-order chi connectivity index (χ1) is 7.52. The van der Waals surface area contributed by atoms with Crippen LogP contribution in [0.15, 0.2) is 24.4 Å². The normalized spacial score (nSPS) is 12.9. The summed E-state index contributed by atoms with van der Waals surface area (Å²) in [5, 5.41) is 10.3. The van der Waals surface area contributed by atoms with E-state index in [-0.39, 0.29) is 0 Å². The van der Waals surface area contributed by atoms with Crippen LogP contribution in [0.4, 0.5) is 0 Å². The van der Waals surface area contributed by atoms with E-state index >= 15 is 0 Å². The number of rotatable bonds is 2. The molecule has 16 heavy (non-hydrogen) atoms. The highest BCUT2D eigenvalue weighted by molar-refractivity contribution is 6.35. The number of aliphatic carboxylic acids is 1. The molecule has 1 aromatic heterocycles. The summed E-state index contributed by atoms with van der Waals surface area (Å²) in [5.74, 6) is -1.05. The van der Waals surface area contributed by atoms with Gasteiger partial charge in [-0.3, -0.25) is 4.79 Å². The minimum Gasteiger partial charge on any atom is -0.480 e. The first-order valence-corrected chi connectivity index (χ1v) is 5.12. The van der Waals surface area contributed by atoms with Gasteiger partial charge in [-0.1, -0.05) is 29.8 Å². The first kappa shape index (κ1) is 11.0. The zero-order chi connectivity index (χ0) is 11.9. The second-order valence-electron chi connectivity index (χ2n) is 3.65. The van der Waals surface area contributed by atoms with Gasteiger partial charge in [0.05, 0.1) is 10.5 Å². The lowest BCUT2D eigenvalue weighted by Gasteiger charge is -2.09. The molecule has 2 aromatic rings. The molecule has 0 saturated heterocycles. The summed E-state index contributed by atoms with van der Waals surface area (Å²) in [5.41, 5.74) is 6.96. The number of nitrogens with zero attached hydrogens (tertiary/aromatic N) is 1. The molecule has 3 N–H and O–H groups in total. The van der Waals surface area contributed by atoms with E-state index in [1.54, 1.807) is 22.9 Å². The molecule has 1 atom stereocenters. The highest BCUT2D eigenvalue weighted by atomic mass is 35.5. The summed E-state index contributed by atoms with van der Waals surface area (Å²) >= 11 is 6.03. The Morgan fingerprint density at radius 3 is 2.88 bits per heavy atom. The molecule has 84 valence electrons. The lowest BCUT2D eigenvalue weighted by Crippen LogP contribution is -2.21. The molecular weight excluding hydrogens is 228 g/mol. The zero-order valence-electron chi connectivity index (χ0n) is 8.64. The van der Waals surface area contributed by atoms with Crippen LogP contribution < -0.4 is 5.73 Å². The van der Waals surface area contributed by atoms with Crippen molar-refractivity contribution in [1.82, 2.24) is 4.57 Å². The first-order valence-electron chi connectivity index (χ1n) is 4.74. The molecule has 0 fully saturated rings. The largest absolute Gasteiger partial charge is 0.480 e. The van der Waals surface area contributed by atoms with Gasteiger partial charge in [-0.05, 0) is 0 Å². The van der Waals surface area contributed by atoms with Crippen LogP contribution in [0.25, 0.3) is 10.9 Å². The van der Waals surface area contributed by atoms with Crippen molar-refractivity contribution in [2.24, 2.45) is 12.8 Å². The van der Waals surface area contributed by atoms with Crippen LogP contribution in [0.3, 0.4) is 0 Å². The minimum atomic E-state index is -1.05. The third-order valence-corrected chi connectivity index (χ3v) is 2.89. The van der Waals surface area contributed by atoms with Crippen LogP contribution in [0, 0.1) is 0 Å². The molecule has 1 aromatic carbocycles. The van der Waals surface area contributed by atoms with E-state index in [1.807, 2.05) is 13.1 Å². The van der Waals surface area contributed by atoms with E-state index < -0.39 is 12.0 Å². The molecule has 0 spiro atoms. The van der Waals surface area contributed by atoms with E-state index in [0.717, 1.165) is 10.9 Å². The van der Waals surface area contributed by atoms with Crippen molar-refractivity contribution in [2.75, 3.05) is 0 Å². The van der Waals surface area contributed by atoms with Gasteiger partial charge in [-0.15, -0.1) is 0 Å². The van der Waals surface area contributed by atoms with Crippen molar-refractivity contribution in [3.8, 4) is 0 Å². The Morgan fingerprint density at radius 1 is 1.56 bits per heavy atom. The molecule has 0 amide bonds.